The first-order chi connectivity index (χ1) is 52.3. The maximum Gasteiger partial charge on any atom is 0.220 e. The highest BCUT2D eigenvalue weighted by Gasteiger charge is 2.59. The summed E-state index contributed by atoms with van der Waals surface area (Å²) in [4.78, 5) is 39.1. The van der Waals surface area contributed by atoms with Crippen molar-refractivity contribution in [3.05, 3.63) is 12.2 Å². The highest BCUT2D eigenvalue weighted by atomic mass is 16.8. The molecule has 6 aliphatic rings. The number of carbonyl (C=O) groups excluding carboxylic acids is 3. The lowest BCUT2D eigenvalue weighted by Crippen LogP contribution is -2.71. The molecule has 32 atom stereocenters. The van der Waals surface area contributed by atoms with E-state index in [9.17, 15) is 101 Å². The van der Waals surface area contributed by atoms with E-state index < -0.39 is 248 Å². The van der Waals surface area contributed by atoms with Crippen molar-refractivity contribution in [2.24, 2.45) is 0 Å². The minimum absolute atomic E-state index is 0.173. The maximum atomic E-state index is 13.5. The third-order valence-corrected chi connectivity index (χ3v) is 21.2. The molecule has 0 saturated carbocycles. The van der Waals surface area contributed by atoms with Gasteiger partial charge in [-0.25, -0.2) is 0 Å². The topological polar surface area (TPSA) is 542 Å². The zero-order chi connectivity index (χ0) is 79.9. The Morgan fingerprint density at radius 3 is 1.28 bits per heavy atom. The molecule has 12 unspecified atom stereocenters. The second kappa shape index (κ2) is 49.8. The summed E-state index contributed by atoms with van der Waals surface area (Å²) >= 11 is 0. The molecule has 6 fully saturated rings. The van der Waals surface area contributed by atoms with E-state index in [-0.39, 0.29) is 12.3 Å². The molecule has 20 N–H and O–H groups in total. The molecule has 0 aromatic heterocycles. The van der Waals surface area contributed by atoms with Crippen molar-refractivity contribution in [2.45, 2.75) is 398 Å². The Kier molecular flexibility index (Phi) is 43.3. The van der Waals surface area contributed by atoms with Gasteiger partial charge in [0.15, 0.2) is 37.7 Å². The monoisotopic (exact) mass is 1580 g/mol. The molecule has 3 amide bonds. The standard InChI is InChI=1S/C74H133N3O32/c1-6-8-10-12-14-16-18-20-22-24-26-28-30-32-44(85)43(77-50(86)33-31-29-27-25-23-21-19-17-15-13-11-9-7-2)39-98-71-62(96)60(94)65(49(38-82)104-71)105-73-63(97)66(55(89)46(35-79)101-73)107-70-52(76-42(5)84)58(92)64(48(37-81)103-70)106-74-68(109-72-61(95)59(93)53(87)40(3)99-72)67(56(90)47(36-80)102-74)108-69-51(75-41(4)83)57(91)54(88)45(34-78)100-69/h30,32,40,43-49,51-74,78-82,85,87-97H,6-29,31,33-39H2,1-5H3,(H,75,83)(H,76,84)(H,77,86)/b32-30+/t40?,43-,44+,45?,46?,47?,48?,49?,51?,52?,53+,54-,55-,56-,57+,58+,59?,60+,61-,62?,63?,64+,65+,66-,67-,68?,69-,70-,71+,72+,73-,74-/m0/s1. The van der Waals surface area contributed by atoms with E-state index in [1.165, 1.54) is 103 Å². The molecule has 0 aromatic rings. The molecule has 35 heteroatoms. The number of aliphatic hydroxyl groups is 17. The molecule has 0 spiro atoms. The van der Waals surface area contributed by atoms with Crippen LogP contribution in [-0.4, -0.2) is 340 Å². The average Bonchev–Trinajstić information content (AvgIpc) is 0.765. The average molecular weight is 1580 g/mol. The van der Waals surface area contributed by atoms with Gasteiger partial charge in [-0.3, -0.25) is 14.4 Å². The molecule has 6 rings (SSSR count). The zero-order valence-electron chi connectivity index (χ0n) is 64.0. The smallest absolute Gasteiger partial charge is 0.220 e. The number of ether oxygens (including phenoxy) is 12. The Bertz CT molecular complexity index is 2540. The number of nitrogens with one attached hydrogen (secondary N) is 3. The van der Waals surface area contributed by atoms with Crippen LogP contribution in [0.2, 0.25) is 0 Å². The van der Waals surface area contributed by atoms with E-state index in [1.54, 1.807) is 6.08 Å². The lowest BCUT2D eigenvalue weighted by Gasteiger charge is -2.51. The lowest BCUT2D eigenvalue weighted by molar-refractivity contribution is -0.402. The summed E-state index contributed by atoms with van der Waals surface area (Å²) in [6.45, 7) is 2.26. The van der Waals surface area contributed by atoms with Crippen molar-refractivity contribution >= 4 is 17.7 Å². The molecule has 6 aliphatic heterocycles. The number of allylic oxidation sites excluding steroid dienone is 1. The van der Waals surface area contributed by atoms with Gasteiger partial charge in [-0.1, -0.05) is 167 Å². The second-order valence-electron chi connectivity index (χ2n) is 29.9. The Morgan fingerprint density at radius 1 is 0.376 bits per heavy atom. The van der Waals surface area contributed by atoms with Gasteiger partial charge in [0.25, 0.3) is 0 Å². The van der Waals surface area contributed by atoms with Gasteiger partial charge in [0, 0.05) is 20.3 Å². The third kappa shape index (κ3) is 28.4. The largest absolute Gasteiger partial charge is 0.394 e. The summed E-state index contributed by atoms with van der Waals surface area (Å²) < 4.78 is 72.3. The van der Waals surface area contributed by atoms with Crippen LogP contribution in [-0.2, 0) is 71.2 Å². The Morgan fingerprint density at radius 2 is 0.761 bits per heavy atom. The first kappa shape index (κ1) is 94.8. The van der Waals surface area contributed by atoms with Crippen LogP contribution >= 0.6 is 0 Å². The Hall–Kier alpha value is -3.01. The summed E-state index contributed by atoms with van der Waals surface area (Å²) in [7, 11) is 0. The molecule has 35 nitrogen and oxygen atoms in total. The maximum absolute atomic E-state index is 13.5. The molecule has 636 valence electrons. The molecule has 109 heavy (non-hydrogen) atoms. The minimum Gasteiger partial charge on any atom is -0.394 e. The van der Waals surface area contributed by atoms with Crippen LogP contribution in [0.4, 0.5) is 0 Å². The van der Waals surface area contributed by atoms with E-state index in [2.05, 4.69) is 29.8 Å². The molecule has 6 saturated heterocycles. The first-order valence-corrected chi connectivity index (χ1v) is 39.8. The van der Waals surface area contributed by atoms with Crippen molar-refractivity contribution in [3.8, 4) is 0 Å². The third-order valence-electron chi connectivity index (χ3n) is 21.2. The van der Waals surface area contributed by atoms with Crippen molar-refractivity contribution in [3.63, 3.8) is 0 Å². The van der Waals surface area contributed by atoms with Crippen molar-refractivity contribution in [1.82, 2.24) is 16.0 Å². The van der Waals surface area contributed by atoms with Crippen LogP contribution < -0.4 is 16.0 Å². The fourth-order valence-electron chi connectivity index (χ4n) is 14.7. The molecule has 0 aliphatic carbocycles. The predicted octanol–water partition coefficient (Wildman–Crippen LogP) is -2.18. The number of aliphatic hydroxyl groups excluding tert-OH is 17. The number of unbranched alkanes of at least 4 members (excludes halogenated alkanes) is 23. The van der Waals surface area contributed by atoms with Crippen LogP contribution in [0.3, 0.4) is 0 Å². The first-order valence-electron chi connectivity index (χ1n) is 39.8. The number of amides is 3. The molecular weight excluding hydrogens is 1440 g/mol. The summed E-state index contributed by atoms with van der Waals surface area (Å²) in [6.07, 6.45) is -23.1. The predicted molar refractivity (Wildman–Crippen MR) is 383 cm³/mol. The summed E-state index contributed by atoms with van der Waals surface area (Å²) in [6, 6.07) is -4.63. The van der Waals surface area contributed by atoms with Crippen LogP contribution in [0.15, 0.2) is 12.2 Å². The van der Waals surface area contributed by atoms with Crippen molar-refractivity contribution in [1.29, 1.82) is 0 Å². The van der Waals surface area contributed by atoms with E-state index >= 15 is 0 Å². The summed E-state index contributed by atoms with van der Waals surface area (Å²) in [5, 5.41) is 198. The van der Waals surface area contributed by atoms with Gasteiger partial charge in [0.2, 0.25) is 17.7 Å². The van der Waals surface area contributed by atoms with Crippen molar-refractivity contribution < 1.29 is 158 Å². The molecule has 6 heterocycles. The van der Waals surface area contributed by atoms with Gasteiger partial charge in [-0.05, 0) is 26.2 Å². The summed E-state index contributed by atoms with van der Waals surface area (Å²) in [5.41, 5.74) is 0. The normalized spacial score (nSPS) is 37.9. The van der Waals surface area contributed by atoms with E-state index in [1.807, 2.05) is 6.08 Å². The van der Waals surface area contributed by atoms with Gasteiger partial charge < -0.3 is 160 Å². The van der Waals surface area contributed by atoms with Crippen LogP contribution in [0.1, 0.15) is 202 Å². The minimum atomic E-state index is -2.22. The van der Waals surface area contributed by atoms with Crippen molar-refractivity contribution in [2.75, 3.05) is 39.6 Å². The Labute approximate surface area is 639 Å². The zero-order valence-corrected chi connectivity index (χ0v) is 64.0. The van der Waals surface area contributed by atoms with E-state index in [0.29, 0.717) is 12.8 Å². The van der Waals surface area contributed by atoms with Crippen LogP contribution in [0.25, 0.3) is 0 Å². The molecule has 0 aromatic carbocycles. The highest BCUT2D eigenvalue weighted by Crippen LogP contribution is 2.39. The van der Waals surface area contributed by atoms with Crippen LogP contribution in [0.5, 0.6) is 0 Å². The second-order valence-corrected chi connectivity index (χ2v) is 29.9. The quantitative estimate of drug-likeness (QED) is 0.0227. The van der Waals surface area contributed by atoms with Gasteiger partial charge in [0.05, 0.1) is 57.9 Å². The van der Waals surface area contributed by atoms with Gasteiger partial charge in [0.1, 0.15) is 140 Å². The fourth-order valence-corrected chi connectivity index (χ4v) is 14.7. The lowest BCUT2D eigenvalue weighted by atomic mass is 9.93. The molecule has 0 radical (unpaired) electrons. The van der Waals surface area contributed by atoms with Crippen LogP contribution in [0, 0.1) is 0 Å². The molecule has 0 bridgehead atoms. The summed E-state index contributed by atoms with van der Waals surface area (Å²) in [5.74, 6) is -2.02. The Balaban J connectivity index is 1.15. The van der Waals surface area contributed by atoms with Gasteiger partial charge in [-0.15, -0.1) is 0 Å². The highest BCUT2D eigenvalue weighted by molar-refractivity contribution is 5.76. The number of rotatable bonds is 49. The van der Waals surface area contributed by atoms with Gasteiger partial charge in [-0.2, -0.15) is 0 Å². The van der Waals surface area contributed by atoms with E-state index in [0.717, 1.165) is 65.2 Å². The van der Waals surface area contributed by atoms with E-state index in [4.69, 9.17) is 56.8 Å². The fraction of sp³-hybridized carbons (Fsp3) is 0.932. The SMILES string of the molecule is CCCCCCCCCCCCC/C=C/[C@@H](O)[C@H](CO[C@@H]1OC(CO)[C@@H](O[C@@H]2OC(CO)[C@H](O)[C@H](O[C@@H]3OC(CO)[C@@H](O[C@@H]4OC(CO)[C@H](O)[C@H](O[C@@H]5OC(CO)[C@H](O)[C@H](O)C5NC(C)=O)C4O[C@H]4OC(C)[C@@H](O)C(O)[C@@H]4O)[C@H](O)C3NC(C)=O)C2O)[C@H](O)C1O)NC(=O)CCCCCCCCCCCCCCC. The van der Waals surface area contributed by atoms with Gasteiger partial charge >= 0.3 is 0 Å². The number of carbonyl (C=O) groups is 3. The number of hydrogen-bond donors (Lipinski definition) is 20. The number of hydrogen-bond acceptors (Lipinski definition) is 32. The molecular formula is C74H133N3O32.